The second-order valence-electron chi connectivity index (χ2n) is 4.74. The van der Waals surface area contributed by atoms with Gasteiger partial charge in [-0.15, -0.1) is 0 Å². The molecule has 0 rings (SSSR count). The van der Waals surface area contributed by atoms with Crippen LogP contribution in [0.1, 0.15) is 20.8 Å². The van der Waals surface area contributed by atoms with Crippen LogP contribution in [0, 0.1) is 5.92 Å². The predicted octanol–water partition coefficient (Wildman–Crippen LogP) is 1.12. The van der Waals surface area contributed by atoms with Crippen molar-refractivity contribution in [3.05, 3.63) is 0 Å². The zero-order valence-electron chi connectivity index (χ0n) is 11.8. The molecule has 6 heteroatoms. The van der Waals surface area contributed by atoms with Crippen LogP contribution < -0.4 is 0 Å². The third-order valence-corrected chi connectivity index (χ3v) is 2.50. The van der Waals surface area contributed by atoms with Gasteiger partial charge in [0.2, 0.25) is 0 Å². The van der Waals surface area contributed by atoms with Crippen LogP contribution in [0.2, 0.25) is 0 Å². The molecule has 0 radical (unpaired) electrons. The van der Waals surface area contributed by atoms with Crippen LogP contribution in [0.15, 0.2) is 0 Å². The third kappa shape index (κ3) is 6.44. The lowest BCUT2D eigenvalue weighted by molar-refractivity contribution is -0.141. The standard InChI is InChI=1S/C12H24N2O4/c1-9(2)18-7-6-13(4)12(17)14(5)8-10(3)11(15)16/h9-10H,6-8H2,1-5H3,(H,15,16). The number of hydrogen-bond donors (Lipinski definition) is 1. The van der Waals surface area contributed by atoms with Gasteiger partial charge in [0.15, 0.2) is 0 Å². The monoisotopic (exact) mass is 260 g/mol. The van der Waals surface area contributed by atoms with E-state index >= 15 is 0 Å². The van der Waals surface area contributed by atoms with E-state index in [0.29, 0.717) is 13.2 Å². The largest absolute Gasteiger partial charge is 0.481 e. The van der Waals surface area contributed by atoms with Gasteiger partial charge < -0.3 is 19.6 Å². The van der Waals surface area contributed by atoms with Crippen molar-refractivity contribution in [1.82, 2.24) is 9.80 Å². The summed E-state index contributed by atoms with van der Waals surface area (Å²) < 4.78 is 5.36. The van der Waals surface area contributed by atoms with Crippen LogP contribution in [0.4, 0.5) is 4.79 Å². The number of urea groups is 1. The van der Waals surface area contributed by atoms with Crippen molar-refractivity contribution < 1.29 is 19.4 Å². The molecule has 0 aromatic heterocycles. The average Bonchev–Trinajstić information content (AvgIpc) is 2.26. The fourth-order valence-electron chi connectivity index (χ4n) is 1.38. The van der Waals surface area contributed by atoms with Crippen LogP contribution in [0.25, 0.3) is 0 Å². The van der Waals surface area contributed by atoms with Gasteiger partial charge >= 0.3 is 12.0 Å². The number of ether oxygens (including phenoxy) is 1. The molecule has 0 fully saturated rings. The maximum atomic E-state index is 11.9. The van der Waals surface area contributed by atoms with Crippen molar-refractivity contribution in [3.63, 3.8) is 0 Å². The van der Waals surface area contributed by atoms with Gasteiger partial charge in [0.1, 0.15) is 0 Å². The number of rotatable bonds is 7. The normalized spacial score (nSPS) is 12.3. The molecule has 0 spiro atoms. The number of carboxylic acids is 1. The van der Waals surface area contributed by atoms with E-state index in [4.69, 9.17) is 9.84 Å². The van der Waals surface area contributed by atoms with Gasteiger partial charge in [0.05, 0.1) is 18.6 Å². The Bertz CT molecular complexity index is 281. The van der Waals surface area contributed by atoms with Crippen LogP contribution in [-0.4, -0.2) is 66.8 Å². The number of nitrogens with zero attached hydrogens (tertiary/aromatic N) is 2. The number of hydrogen-bond acceptors (Lipinski definition) is 3. The van der Waals surface area contributed by atoms with Gasteiger partial charge in [0, 0.05) is 27.2 Å². The Hall–Kier alpha value is -1.30. The van der Waals surface area contributed by atoms with Gasteiger partial charge in [-0.1, -0.05) is 6.92 Å². The van der Waals surface area contributed by atoms with Gasteiger partial charge in [-0.25, -0.2) is 4.79 Å². The third-order valence-electron chi connectivity index (χ3n) is 2.50. The Balaban J connectivity index is 4.08. The van der Waals surface area contributed by atoms with Crippen LogP contribution in [-0.2, 0) is 9.53 Å². The summed E-state index contributed by atoms with van der Waals surface area (Å²) in [6.45, 7) is 6.60. The highest BCUT2D eigenvalue weighted by Gasteiger charge is 2.19. The molecule has 0 aliphatic rings. The van der Waals surface area contributed by atoms with E-state index in [2.05, 4.69) is 0 Å². The molecule has 0 saturated heterocycles. The average molecular weight is 260 g/mol. The lowest BCUT2D eigenvalue weighted by Gasteiger charge is -2.26. The van der Waals surface area contributed by atoms with Gasteiger partial charge in [0.25, 0.3) is 0 Å². The number of likely N-dealkylation sites (N-methyl/N-ethyl adjacent to an activating group) is 1. The summed E-state index contributed by atoms with van der Waals surface area (Å²) >= 11 is 0. The Morgan fingerprint density at radius 1 is 1.17 bits per heavy atom. The summed E-state index contributed by atoms with van der Waals surface area (Å²) in [7, 11) is 3.27. The molecule has 6 nitrogen and oxygen atoms in total. The van der Waals surface area contributed by atoms with Crippen molar-refractivity contribution in [2.45, 2.75) is 26.9 Å². The highest BCUT2D eigenvalue weighted by Crippen LogP contribution is 2.01. The summed E-state index contributed by atoms with van der Waals surface area (Å²) in [6, 6.07) is -0.199. The van der Waals surface area contributed by atoms with Crippen LogP contribution in [0.3, 0.4) is 0 Å². The quantitative estimate of drug-likeness (QED) is 0.744. The highest BCUT2D eigenvalue weighted by atomic mass is 16.5. The first kappa shape index (κ1) is 16.7. The number of carbonyl (C=O) groups excluding carboxylic acids is 1. The van der Waals surface area contributed by atoms with Gasteiger partial charge in [-0.3, -0.25) is 4.79 Å². The first-order chi connectivity index (χ1) is 8.25. The van der Waals surface area contributed by atoms with Crippen molar-refractivity contribution in [3.8, 4) is 0 Å². The summed E-state index contributed by atoms with van der Waals surface area (Å²) in [6.07, 6.45) is 0.137. The Morgan fingerprint density at radius 3 is 2.17 bits per heavy atom. The molecule has 1 N–H and O–H groups in total. The first-order valence-electron chi connectivity index (χ1n) is 6.06. The lowest BCUT2D eigenvalue weighted by Crippen LogP contribution is -2.43. The van der Waals surface area contributed by atoms with E-state index in [-0.39, 0.29) is 18.7 Å². The minimum atomic E-state index is -0.902. The van der Waals surface area contributed by atoms with E-state index < -0.39 is 11.9 Å². The van der Waals surface area contributed by atoms with E-state index in [1.54, 1.807) is 21.0 Å². The SMILES string of the molecule is CC(C)OCCN(C)C(=O)N(C)CC(C)C(=O)O. The Morgan fingerprint density at radius 2 is 1.72 bits per heavy atom. The number of carboxylic acid groups (broad SMARTS) is 1. The maximum Gasteiger partial charge on any atom is 0.319 e. The molecule has 106 valence electrons. The zero-order valence-corrected chi connectivity index (χ0v) is 11.8. The van der Waals surface area contributed by atoms with Gasteiger partial charge in [-0.2, -0.15) is 0 Å². The van der Waals surface area contributed by atoms with Crippen LogP contribution >= 0.6 is 0 Å². The molecule has 2 amide bonds. The molecule has 0 saturated carbocycles. The molecular weight excluding hydrogens is 236 g/mol. The molecular formula is C12H24N2O4. The summed E-state index contributed by atoms with van der Waals surface area (Å²) in [4.78, 5) is 25.5. The van der Waals surface area contributed by atoms with Gasteiger partial charge in [-0.05, 0) is 13.8 Å². The summed E-state index contributed by atoms with van der Waals surface area (Å²) in [5, 5.41) is 8.78. The Kier molecular flexibility index (Phi) is 7.35. The molecule has 0 bridgehead atoms. The summed E-state index contributed by atoms with van der Waals surface area (Å²) in [5.74, 6) is -1.47. The summed E-state index contributed by atoms with van der Waals surface area (Å²) in [5.41, 5.74) is 0. The number of amides is 2. The second kappa shape index (κ2) is 7.92. The minimum absolute atomic E-state index is 0.137. The minimum Gasteiger partial charge on any atom is -0.481 e. The predicted molar refractivity (Wildman–Crippen MR) is 68.5 cm³/mol. The van der Waals surface area contributed by atoms with E-state index in [1.165, 1.54) is 9.80 Å². The van der Waals surface area contributed by atoms with E-state index in [0.717, 1.165) is 0 Å². The highest BCUT2D eigenvalue weighted by molar-refractivity contribution is 5.75. The van der Waals surface area contributed by atoms with E-state index in [1.807, 2.05) is 13.8 Å². The molecule has 1 atom stereocenters. The second-order valence-corrected chi connectivity index (χ2v) is 4.74. The molecule has 0 heterocycles. The molecule has 1 unspecified atom stereocenters. The lowest BCUT2D eigenvalue weighted by atomic mass is 10.2. The van der Waals surface area contributed by atoms with Crippen molar-refractivity contribution in [1.29, 1.82) is 0 Å². The Labute approximate surface area is 109 Å². The molecule has 0 aromatic carbocycles. The van der Waals surface area contributed by atoms with Crippen molar-refractivity contribution >= 4 is 12.0 Å². The smallest absolute Gasteiger partial charge is 0.319 e. The van der Waals surface area contributed by atoms with Crippen LogP contribution in [0.5, 0.6) is 0 Å². The van der Waals surface area contributed by atoms with Crippen molar-refractivity contribution in [2.75, 3.05) is 33.8 Å². The number of carbonyl (C=O) groups is 2. The fourth-order valence-corrected chi connectivity index (χ4v) is 1.38. The van der Waals surface area contributed by atoms with Crippen molar-refractivity contribution in [2.24, 2.45) is 5.92 Å². The molecule has 18 heavy (non-hydrogen) atoms. The topological polar surface area (TPSA) is 70.1 Å². The molecule has 0 aliphatic carbocycles. The zero-order chi connectivity index (χ0) is 14.3. The fraction of sp³-hybridized carbons (Fsp3) is 0.833. The molecule has 0 aromatic rings. The molecule has 0 aliphatic heterocycles. The first-order valence-corrected chi connectivity index (χ1v) is 6.06. The van der Waals surface area contributed by atoms with E-state index in [9.17, 15) is 9.59 Å². The maximum absolute atomic E-state index is 11.9. The number of aliphatic carboxylic acids is 1.